The Morgan fingerprint density at radius 1 is 0.689 bits per heavy atom. The highest BCUT2D eigenvalue weighted by Crippen LogP contribution is 2.15. The molecule has 0 heterocycles. The third kappa shape index (κ3) is 28.5. The number of allylic oxidation sites excluding steroid dienone is 3. The first-order valence-corrected chi connectivity index (χ1v) is 17.7. The number of carboxylic acid groups (broad SMARTS) is 1. The minimum atomic E-state index is -1.38. The standard InChI is InChI=1S/C36H64N2O7/c1-3-5-7-9-11-13-17-21-25-31(45-35(42)28-24-20-14-12-10-8-6-4-2)26-22-18-15-16-19-23-27-33(40)37-29-34(41)38-32(30-39)36(43)44/h11,13,21,25,31-32,39H,3-10,12,14-20,22-24,26-30H2,1-2H3,(H,37,40)(H,38,41)(H,43,44)/b13-11-,25-21-. The number of nitrogens with one attached hydrogen (secondary N) is 2. The summed E-state index contributed by atoms with van der Waals surface area (Å²) in [5, 5.41) is 22.4. The molecule has 0 saturated carbocycles. The van der Waals surface area contributed by atoms with E-state index in [2.05, 4.69) is 42.7 Å². The molecule has 45 heavy (non-hydrogen) atoms. The average molecular weight is 637 g/mol. The quantitative estimate of drug-likeness (QED) is 0.0355. The van der Waals surface area contributed by atoms with E-state index >= 15 is 0 Å². The van der Waals surface area contributed by atoms with Gasteiger partial charge in [0.2, 0.25) is 11.8 Å². The van der Waals surface area contributed by atoms with Gasteiger partial charge in [0.25, 0.3) is 0 Å². The summed E-state index contributed by atoms with van der Waals surface area (Å²) in [5.41, 5.74) is 0. The van der Waals surface area contributed by atoms with E-state index in [4.69, 9.17) is 14.9 Å². The molecule has 0 rings (SSSR count). The van der Waals surface area contributed by atoms with Crippen LogP contribution in [0.15, 0.2) is 24.3 Å². The number of aliphatic hydroxyl groups excluding tert-OH is 1. The van der Waals surface area contributed by atoms with Crippen molar-refractivity contribution in [1.82, 2.24) is 10.6 Å². The van der Waals surface area contributed by atoms with Crippen molar-refractivity contribution in [3.63, 3.8) is 0 Å². The van der Waals surface area contributed by atoms with Gasteiger partial charge < -0.3 is 25.6 Å². The fourth-order valence-electron chi connectivity index (χ4n) is 4.90. The molecule has 9 nitrogen and oxygen atoms in total. The van der Waals surface area contributed by atoms with Gasteiger partial charge in [-0.05, 0) is 51.0 Å². The maximum Gasteiger partial charge on any atom is 0.328 e. The van der Waals surface area contributed by atoms with Gasteiger partial charge >= 0.3 is 11.9 Å². The smallest absolute Gasteiger partial charge is 0.328 e. The SMILES string of the molecule is CCCCC/C=C\C/C=C\C(CCCCCCCCC(=O)NCC(=O)NC(CO)C(=O)O)OC(=O)CCCCCCCCCC. The average Bonchev–Trinajstić information content (AvgIpc) is 3.02. The summed E-state index contributed by atoms with van der Waals surface area (Å²) in [4.78, 5) is 47.0. The van der Waals surface area contributed by atoms with Gasteiger partial charge in [0.15, 0.2) is 0 Å². The van der Waals surface area contributed by atoms with Crippen LogP contribution in [-0.4, -0.2) is 59.3 Å². The van der Waals surface area contributed by atoms with E-state index in [0.29, 0.717) is 19.3 Å². The number of carbonyl (C=O) groups excluding carboxylic acids is 3. The van der Waals surface area contributed by atoms with Gasteiger partial charge in [-0.2, -0.15) is 0 Å². The maximum atomic E-state index is 12.5. The number of unbranched alkanes of at least 4 members (excludes halogenated alkanes) is 15. The van der Waals surface area contributed by atoms with Crippen LogP contribution in [0.5, 0.6) is 0 Å². The van der Waals surface area contributed by atoms with Crippen LogP contribution in [0.4, 0.5) is 0 Å². The largest absolute Gasteiger partial charge is 0.480 e. The van der Waals surface area contributed by atoms with Crippen molar-refractivity contribution in [3.8, 4) is 0 Å². The van der Waals surface area contributed by atoms with E-state index in [1.54, 1.807) is 0 Å². The van der Waals surface area contributed by atoms with Gasteiger partial charge in [-0.25, -0.2) is 4.79 Å². The first-order chi connectivity index (χ1) is 21.8. The third-order valence-electron chi connectivity index (χ3n) is 7.69. The molecule has 0 aliphatic heterocycles. The molecule has 0 radical (unpaired) electrons. The molecule has 0 aliphatic rings. The van der Waals surface area contributed by atoms with E-state index in [-0.39, 0.29) is 24.5 Å². The highest BCUT2D eigenvalue weighted by molar-refractivity contribution is 5.87. The van der Waals surface area contributed by atoms with Crippen LogP contribution in [0.1, 0.15) is 155 Å². The predicted molar refractivity (Wildman–Crippen MR) is 181 cm³/mol. The molecule has 0 aliphatic carbocycles. The normalized spacial score (nSPS) is 12.8. The second-order valence-electron chi connectivity index (χ2n) is 12.0. The first-order valence-electron chi connectivity index (χ1n) is 17.7. The van der Waals surface area contributed by atoms with Crippen molar-refractivity contribution < 1.29 is 34.1 Å². The minimum absolute atomic E-state index is 0.100. The number of aliphatic hydroxyl groups is 1. The van der Waals surface area contributed by atoms with Crippen molar-refractivity contribution in [2.24, 2.45) is 0 Å². The number of esters is 1. The molecule has 0 aromatic carbocycles. The van der Waals surface area contributed by atoms with Crippen molar-refractivity contribution in [1.29, 1.82) is 0 Å². The Balaban J connectivity index is 4.28. The second-order valence-corrected chi connectivity index (χ2v) is 12.0. The number of aliphatic carboxylic acids is 1. The zero-order valence-corrected chi connectivity index (χ0v) is 28.4. The summed E-state index contributed by atoms with van der Waals surface area (Å²) in [6, 6.07) is -1.38. The number of carboxylic acids is 1. The molecular weight excluding hydrogens is 572 g/mol. The Morgan fingerprint density at radius 3 is 1.89 bits per heavy atom. The number of rotatable bonds is 31. The number of ether oxygens (including phenoxy) is 1. The molecule has 2 unspecified atom stereocenters. The van der Waals surface area contributed by atoms with E-state index in [1.165, 1.54) is 57.8 Å². The van der Waals surface area contributed by atoms with Crippen LogP contribution in [-0.2, 0) is 23.9 Å². The van der Waals surface area contributed by atoms with Gasteiger partial charge in [0.1, 0.15) is 12.1 Å². The Hall–Kier alpha value is -2.68. The van der Waals surface area contributed by atoms with Gasteiger partial charge in [-0.1, -0.05) is 116 Å². The van der Waals surface area contributed by atoms with Crippen LogP contribution in [0.2, 0.25) is 0 Å². The molecule has 2 amide bonds. The highest BCUT2D eigenvalue weighted by atomic mass is 16.5. The predicted octanol–water partition coefficient (Wildman–Crippen LogP) is 7.31. The number of amides is 2. The van der Waals surface area contributed by atoms with Crippen LogP contribution in [0, 0.1) is 0 Å². The summed E-state index contributed by atoms with van der Waals surface area (Å²) in [6.45, 7) is 3.40. The fraction of sp³-hybridized carbons (Fsp3) is 0.778. The van der Waals surface area contributed by atoms with Crippen LogP contribution >= 0.6 is 0 Å². The molecule has 0 aromatic heterocycles. The lowest BCUT2D eigenvalue weighted by molar-refractivity contribution is -0.147. The second kappa shape index (κ2) is 31.3. The zero-order chi connectivity index (χ0) is 33.4. The summed E-state index contributed by atoms with van der Waals surface area (Å²) in [7, 11) is 0. The van der Waals surface area contributed by atoms with Crippen LogP contribution in [0.25, 0.3) is 0 Å². The minimum Gasteiger partial charge on any atom is -0.480 e. The van der Waals surface area contributed by atoms with Crippen molar-refractivity contribution in [2.75, 3.05) is 13.2 Å². The van der Waals surface area contributed by atoms with Crippen LogP contribution in [0.3, 0.4) is 0 Å². The Morgan fingerprint density at radius 2 is 1.27 bits per heavy atom. The Bertz CT molecular complexity index is 828. The van der Waals surface area contributed by atoms with Crippen molar-refractivity contribution in [3.05, 3.63) is 24.3 Å². The molecule has 0 bridgehead atoms. The van der Waals surface area contributed by atoms with E-state index in [1.807, 2.05) is 6.08 Å². The molecule has 260 valence electrons. The lowest BCUT2D eigenvalue weighted by Gasteiger charge is -2.15. The zero-order valence-electron chi connectivity index (χ0n) is 28.4. The lowest BCUT2D eigenvalue weighted by atomic mass is 10.1. The first kappa shape index (κ1) is 42.3. The topological polar surface area (TPSA) is 142 Å². The molecule has 2 atom stereocenters. The Labute approximate surface area is 273 Å². The van der Waals surface area contributed by atoms with E-state index in [0.717, 1.165) is 64.2 Å². The summed E-state index contributed by atoms with van der Waals surface area (Å²) < 4.78 is 5.86. The molecule has 0 aromatic rings. The van der Waals surface area contributed by atoms with Crippen molar-refractivity contribution in [2.45, 2.75) is 167 Å². The van der Waals surface area contributed by atoms with Gasteiger partial charge in [-0.15, -0.1) is 0 Å². The molecule has 9 heteroatoms. The fourth-order valence-corrected chi connectivity index (χ4v) is 4.90. The van der Waals surface area contributed by atoms with Crippen molar-refractivity contribution >= 4 is 23.8 Å². The summed E-state index contributed by atoms with van der Waals surface area (Å²) in [6.07, 6.45) is 30.9. The van der Waals surface area contributed by atoms with E-state index < -0.39 is 24.5 Å². The molecular formula is C36H64N2O7. The number of hydrogen-bond donors (Lipinski definition) is 4. The summed E-state index contributed by atoms with van der Waals surface area (Å²) >= 11 is 0. The van der Waals surface area contributed by atoms with Gasteiger partial charge in [0, 0.05) is 12.8 Å². The number of hydrogen-bond acceptors (Lipinski definition) is 6. The van der Waals surface area contributed by atoms with Gasteiger partial charge in [0.05, 0.1) is 13.2 Å². The monoisotopic (exact) mass is 636 g/mol. The van der Waals surface area contributed by atoms with Gasteiger partial charge in [-0.3, -0.25) is 14.4 Å². The Kier molecular flexibility index (Phi) is 29.4. The third-order valence-corrected chi connectivity index (χ3v) is 7.69. The number of carbonyl (C=O) groups is 4. The molecule has 0 saturated heterocycles. The van der Waals surface area contributed by atoms with E-state index in [9.17, 15) is 19.2 Å². The highest BCUT2D eigenvalue weighted by Gasteiger charge is 2.18. The molecule has 0 fully saturated rings. The maximum absolute atomic E-state index is 12.5. The lowest BCUT2D eigenvalue weighted by Crippen LogP contribution is -2.47. The summed E-state index contributed by atoms with van der Waals surface area (Å²) in [5.74, 6) is -2.35. The van der Waals surface area contributed by atoms with Crippen LogP contribution < -0.4 is 10.6 Å². The molecule has 4 N–H and O–H groups in total. The molecule has 0 spiro atoms.